The van der Waals surface area contributed by atoms with E-state index in [1.807, 2.05) is 43.3 Å². The van der Waals surface area contributed by atoms with Crippen LogP contribution in [0.3, 0.4) is 0 Å². The zero-order valence-electron chi connectivity index (χ0n) is 16.0. The Morgan fingerprint density at radius 3 is 2.96 bits per heavy atom. The largest absolute Gasteiger partial charge is 0.496 e. The van der Waals surface area contributed by atoms with Gasteiger partial charge in [0, 0.05) is 23.4 Å². The van der Waals surface area contributed by atoms with Crippen LogP contribution >= 0.6 is 11.3 Å². The Hall–Kier alpha value is -2.70. The third kappa shape index (κ3) is 3.93. The van der Waals surface area contributed by atoms with Gasteiger partial charge in [-0.05, 0) is 54.8 Å². The molecule has 1 aromatic heterocycles. The van der Waals surface area contributed by atoms with Crippen LogP contribution in [-0.4, -0.2) is 24.5 Å². The van der Waals surface area contributed by atoms with Gasteiger partial charge in [0.15, 0.2) is 5.13 Å². The molecule has 1 aliphatic rings. The third-order valence-corrected chi connectivity index (χ3v) is 6.08. The number of anilines is 1. The number of amides is 1. The van der Waals surface area contributed by atoms with Crippen LogP contribution in [0.2, 0.25) is 0 Å². The first kappa shape index (κ1) is 18.7. The number of aryl methyl sites for hydroxylation is 1. The predicted molar refractivity (Wildman–Crippen MR) is 112 cm³/mol. The number of thiazole rings is 1. The summed E-state index contributed by atoms with van der Waals surface area (Å²) < 4.78 is 5.44. The number of fused-ring (bicyclic) bond motifs is 1. The van der Waals surface area contributed by atoms with E-state index < -0.39 is 0 Å². The van der Waals surface area contributed by atoms with Gasteiger partial charge in [-0.15, -0.1) is 11.3 Å². The Labute approximate surface area is 168 Å². The van der Waals surface area contributed by atoms with Crippen LogP contribution in [0.5, 0.6) is 5.75 Å². The fraction of sp³-hybridized carbons (Fsp3) is 0.273. The molecular formula is C22H23N3O2S. The molecule has 1 amide bonds. The van der Waals surface area contributed by atoms with Crippen molar-refractivity contribution < 1.29 is 9.53 Å². The van der Waals surface area contributed by atoms with E-state index in [-0.39, 0.29) is 5.91 Å². The van der Waals surface area contributed by atoms with Gasteiger partial charge in [-0.2, -0.15) is 0 Å². The zero-order chi connectivity index (χ0) is 19.5. The quantitative estimate of drug-likeness (QED) is 0.689. The van der Waals surface area contributed by atoms with Crippen LogP contribution < -0.4 is 15.4 Å². The number of carbonyl (C=O) groups excluding carboxylic acids is 1. The molecule has 0 saturated heterocycles. The Morgan fingerprint density at radius 2 is 2.11 bits per heavy atom. The van der Waals surface area contributed by atoms with E-state index in [2.05, 4.69) is 21.7 Å². The average Bonchev–Trinajstić information content (AvgIpc) is 3.06. The van der Waals surface area contributed by atoms with E-state index in [9.17, 15) is 4.79 Å². The normalized spacial score (nSPS) is 13.1. The van der Waals surface area contributed by atoms with Crippen molar-refractivity contribution in [2.45, 2.75) is 26.3 Å². The number of ether oxygens (including phenoxy) is 1. The number of nitrogens with zero attached hydrogens (tertiary/aromatic N) is 1. The highest BCUT2D eigenvalue weighted by atomic mass is 32.1. The van der Waals surface area contributed by atoms with Crippen molar-refractivity contribution in [2.24, 2.45) is 0 Å². The van der Waals surface area contributed by atoms with E-state index >= 15 is 0 Å². The van der Waals surface area contributed by atoms with Crippen LogP contribution in [0.1, 0.15) is 37.6 Å². The number of hydrogen-bond acceptors (Lipinski definition) is 5. The number of aromatic nitrogens is 1. The zero-order valence-corrected chi connectivity index (χ0v) is 16.9. The molecule has 0 spiro atoms. The predicted octanol–water partition coefficient (Wildman–Crippen LogP) is 3.95. The molecule has 144 valence electrons. The van der Waals surface area contributed by atoms with Crippen molar-refractivity contribution in [3.8, 4) is 5.75 Å². The molecule has 1 aliphatic heterocycles. The Bertz CT molecular complexity index is 1010. The van der Waals surface area contributed by atoms with Crippen molar-refractivity contribution in [1.82, 2.24) is 10.3 Å². The molecule has 0 saturated carbocycles. The fourth-order valence-corrected chi connectivity index (χ4v) is 4.44. The van der Waals surface area contributed by atoms with E-state index in [0.717, 1.165) is 47.8 Å². The fourth-order valence-electron chi connectivity index (χ4n) is 3.46. The van der Waals surface area contributed by atoms with Gasteiger partial charge in [-0.25, -0.2) is 4.98 Å². The highest BCUT2D eigenvalue weighted by Gasteiger charge is 2.16. The molecule has 3 aromatic rings. The molecule has 0 fully saturated rings. The number of para-hydroxylation sites is 1. The summed E-state index contributed by atoms with van der Waals surface area (Å²) in [6, 6.07) is 13.9. The molecule has 0 atom stereocenters. The van der Waals surface area contributed by atoms with Gasteiger partial charge in [0.1, 0.15) is 5.75 Å². The summed E-state index contributed by atoms with van der Waals surface area (Å²) in [6.45, 7) is 3.80. The third-order valence-electron chi connectivity index (χ3n) is 5.01. The van der Waals surface area contributed by atoms with E-state index in [1.54, 1.807) is 7.11 Å². The molecule has 2 heterocycles. The maximum Gasteiger partial charge on any atom is 0.257 e. The van der Waals surface area contributed by atoms with E-state index in [0.29, 0.717) is 10.7 Å². The first-order valence-electron chi connectivity index (χ1n) is 9.36. The molecule has 2 N–H and O–H groups in total. The van der Waals surface area contributed by atoms with Crippen LogP contribution in [0.15, 0.2) is 42.5 Å². The van der Waals surface area contributed by atoms with Gasteiger partial charge in [0.05, 0.1) is 12.8 Å². The van der Waals surface area contributed by atoms with Crippen LogP contribution in [0.25, 0.3) is 0 Å². The highest BCUT2D eigenvalue weighted by Crippen LogP contribution is 2.29. The maximum absolute atomic E-state index is 12.7. The molecular weight excluding hydrogens is 370 g/mol. The van der Waals surface area contributed by atoms with Crippen molar-refractivity contribution in [2.75, 3.05) is 19.0 Å². The Balaban J connectivity index is 1.50. The van der Waals surface area contributed by atoms with Crippen molar-refractivity contribution >= 4 is 22.4 Å². The van der Waals surface area contributed by atoms with Crippen LogP contribution in [-0.2, 0) is 19.4 Å². The lowest BCUT2D eigenvalue weighted by Crippen LogP contribution is -2.24. The Morgan fingerprint density at radius 1 is 1.25 bits per heavy atom. The molecule has 6 heteroatoms. The molecule has 5 nitrogen and oxygen atoms in total. The van der Waals surface area contributed by atoms with E-state index in [4.69, 9.17) is 4.74 Å². The lowest BCUT2D eigenvalue weighted by Gasteiger charge is -2.17. The maximum atomic E-state index is 12.7. The molecule has 2 aromatic carbocycles. The lowest BCUT2D eigenvalue weighted by atomic mass is 9.98. The smallest absolute Gasteiger partial charge is 0.257 e. The van der Waals surface area contributed by atoms with Gasteiger partial charge >= 0.3 is 0 Å². The van der Waals surface area contributed by atoms with Crippen molar-refractivity contribution in [3.05, 3.63) is 75.3 Å². The number of hydrogen-bond donors (Lipinski definition) is 2. The number of benzene rings is 2. The average molecular weight is 394 g/mol. The number of carbonyl (C=O) groups is 1. The first-order valence-corrected chi connectivity index (χ1v) is 10.2. The Kier molecular flexibility index (Phi) is 5.41. The first-order chi connectivity index (χ1) is 13.6. The molecule has 28 heavy (non-hydrogen) atoms. The summed E-state index contributed by atoms with van der Waals surface area (Å²) in [5.41, 5.74) is 5.24. The topological polar surface area (TPSA) is 63.2 Å². The second-order valence-corrected chi connectivity index (χ2v) is 7.96. The number of rotatable bonds is 5. The molecule has 0 aliphatic carbocycles. The minimum Gasteiger partial charge on any atom is -0.496 e. The lowest BCUT2D eigenvalue weighted by molar-refractivity contribution is 0.102. The van der Waals surface area contributed by atoms with Gasteiger partial charge in [-0.1, -0.05) is 24.3 Å². The summed E-state index contributed by atoms with van der Waals surface area (Å²) in [6.07, 6.45) is 1.69. The summed E-state index contributed by atoms with van der Waals surface area (Å²) in [5.74, 6) is 0.753. The van der Waals surface area contributed by atoms with Crippen molar-refractivity contribution in [3.63, 3.8) is 0 Å². The van der Waals surface area contributed by atoms with Gasteiger partial charge in [-0.3, -0.25) is 10.1 Å². The molecule has 0 radical (unpaired) electrons. The summed E-state index contributed by atoms with van der Waals surface area (Å²) in [4.78, 5) is 18.4. The van der Waals surface area contributed by atoms with Gasteiger partial charge < -0.3 is 10.1 Å². The van der Waals surface area contributed by atoms with Crippen LogP contribution in [0.4, 0.5) is 5.13 Å². The standard InChI is InChI=1S/C22H23N3O2S/c1-14-20(12-16-5-3-4-6-19(16)27-2)28-22(24-14)25-21(26)17-7-8-18-13-23-10-9-15(18)11-17/h3-8,11,23H,9-10,12-13H2,1-2H3,(H,24,25,26). The van der Waals surface area contributed by atoms with Crippen molar-refractivity contribution in [1.29, 1.82) is 0 Å². The van der Waals surface area contributed by atoms with Gasteiger partial charge in [0.2, 0.25) is 0 Å². The molecule has 0 bridgehead atoms. The summed E-state index contributed by atoms with van der Waals surface area (Å²) in [5, 5.41) is 6.94. The van der Waals surface area contributed by atoms with Gasteiger partial charge in [0.25, 0.3) is 5.91 Å². The minimum atomic E-state index is -0.112. The minimum absolute atomic E-state index is 0.112. The molecule has 0 unspecified atom stereocenters. The number of nitrogens with one attached hydrogen (secondary N) is 2. The molecule has 4 rings (SSSR count). The second kappa shape index (κ2) is 8.12. The summed E-state index contributed by atoms with van der Waals surface area (Å²) in [7, 11) is 1.68. The second-order valence-electron chi connectivity index (χ2n) is 6.88. The monoisotopic (exact) mass is 393 g/mol. The highest BCUT2D eigenvalue weighted by molar-refractivity contribution is 7.15. The SMILES string of the molecule is COc1ccccc1Cc1sc(NC(=O)c2ccc3c(c2)CCNC3)nc1C. The van der Waals surface area contributed by atoms with E-state index in [1.165, 1.54) is 22.5 Å². The number of methoxy groups -OCH3 is 1. The summed E-state index contributed by atoms with van der Waals surface area (Å²) >= 11 is 1.52. The van der Waals surface area contributed by atoms with Crippen LogP contribution in [0, 0.1) is 6.92 Å².